The van der Waals surface area contributed by atoms with Gasteiger partial charge in [-0.15, -0.1) is 0 Å². The zero-order valence-electron chi connectivity index (χ0n) is 15.9. The van der Waals surface area contributed by atoms with E-state index in [9.17, 15) is 4.79 Å². The minimum absolute atomic E-state index is 0.211. The van der Waals surface area contributed by atoms with Crippen molar-refractivity contribution in [1.82, 2.24) is 9.97 Å². The molecule has 0 radical (unpaired) electrons. The smallest absolute Gasteiger partial charge is 0.414 e. The summed E-state index contributed by atoms with van der Waals surface area (Å²) in [5, 5.41) is 0.534. The van der Waals surface area contributed by atoms with Crippen LogP contribution in [0.1, 0.15) is 5.56 Å². The van der Waals surface area contributed by atoms with E-state index in [-0.39, 0.29) is 6.61 Å². The third-order valence-electron chi connectivity index (χ3n) is 4.84. The third-order valence-corrected chi connectivity index (χ3v) is 5.69. The molecule has 0 fully saturated rings. The maximum atomic E-state index is 12.8. The number of aromatic nitrogens is 2. The summed E-state index contributed by atoms with van der Waals surface area (Å²) in [5.74, 6) is 0.421. The van der Waals surface area contributed by atoms with E-state index >= 15 is 0 Å². The Morgan fingerprint density at radius 2 is 2.03 bits per heavy atom. The van der Waals surface area contributed by atoms with Gasteiger partial charge in [0.05, 0.1) is 16.8 Å². The van der Waals surface area contributed by atoms with Crippen LogP contribution in [0.25, 0.3) is 21.3 Å². The van der Waals surface area contributed by atoms with Gasteiger partial charge in [-0.2, -0.15) is 0 Å². The largest absolute Gasteiger partial charge is 0.474 e. The Hall–Kier alpha value is -3.65. The van der Waals surface area contributed by atoms with Crippen molar-refractivity contribution in [1.29, 1.82) is 0 Å². The highest BCUT2D eigenvalue weighted by molar-refractivity contribution is 7.22. The summed E-state index contributed by atoms with van der Waals surface area (Å²) >= 11 is 1.44. The first-order valence-electron chi connectivity index (χ1n) is 9.45. The number of fused-ring (bicyclic) bond motifs is 2. The van der Waals surface area contributed by atoms with Gasteiger partial charge in [-0.05, 0) is 29.3 Å². The van der Waals surface area contributed by atoms with Crippen molar-refractivity contribution in [3.63, 3.8) is 0 Å². The predicted octanol–water partition coefficient (Wildman–Crippen LogP) is 4.48. The number of benzene rings is 2. The maximum Gasteiger partial charge on any atom is 0.414 e. The molecule has 0 bridgehead atoms. The first-order chi connectivity index (χ1) is 14.7. The molecule has 8 heteroatoms. The number of amides is 1. The Kier molecular flexibility index (Phi) is 4.68. The zero-order valence-corrected chi connectivity index (χ0v) is 16.8. The molecule has 150 valence electrons. The second kappa shape index (κ2) is 7.64. The molecule has 1 amide bonds. The lowest BCUT2D eigenvalue weighted by molar-refractivity contribution is 0.143. The summed E-state index contributed by atoms with van der Waals surface area (Å²) in [6.07, 6.45) is 1.32. The molecule has 1 aliphatic rings. The van der Waals surface area contributed by atoms with Crippen LogP contribution < -0.4 is 15.4 Å². The van der Waals surface area contributed by atoms with Crippen LogP contribution >= 0.6 is 11.3 Å². The number of carbonyl (C=O) groups excluding carboxylic acids is 1. The topological polar surface area (TPSA) is 90.6 Å². The molecular formula is C22H18N4O3S. The van der Waals surface area contributed by atoms with Crippen molar-refractivity contribution in [2.45, 2.75) is 6.61 Å². The number of anilines is 2. The van der Waals surface area contributed by atoms with Gasteiger partial charge < -0.3 is 15.2 Å². The van der Waals surface area contributed by atoms with Gasteiger partial charge in [0.25, 0.3) is 0 Å². The van der Waals surface area contributed by atoms with Crippen LogP contribution in [0.4, 0.5) is 15.6 Å². The number of hydrogen-bond donors (Lipinski definition) is 1. The minimum atomic E-state index is -0.423. The fourth-order valence-electron chi connectivity index (χ4n) is 3.37. The quantitative estimate of drug-likeness (QED) is 0.528. The molecule has 5 rings (SSSR count). The van der Waals surface area contributed by atoms with Gasteiger partial charge in [0, 0.05) is 11.8 Å². The summed E-state index contributed by atoms with van der Waals surface area (Å²) in [7, 11) is 0. The lowest BCUT2D eigenvalue weighted by Crippen LogP contribution is -2.38. The maximum absolute atomic E-state index is 12.8. The summed E-state index contributed by atoms with van der Waals surface area (Å²) in [6.45, 7) is 0.977. The van der Waals surface area contributed by atoms with E-state index in [1.807, 2.05) is 54.6 Å². The molecule has 2 aromatic heterocycles. The van der Waals surface area contributed by atoms with Crippen LogP contribution in [0.3, 0.4) is 0 Å². The number of hydrogen-bond acceptors (Lipinski definition) is 7. The van der Waals surface area contributed by atoms with E-state index < -0.39 is 6.09 Å². The second-order valence-corrected chi connectivity index (χ2v) is 7.89. The Labute approximate surface area is 176 Å². The van der Waals surface area contributed by atoms with Crippen LogP contribution in [0.15, 0.2) is 60.8 Å². The first kappa shape index (κ1) is 18.4. The number of thiazole rings is 1. The first-order valence-corrected chi connectivity index (χ1v) is 10.3. The minimum Gasteiger partial charge on any atom is -0.474 e. The van der Waals surface area contributed by atoms with Gasteiger partial charge in [0.15, 0.2) is 5.13 Å². The lowest BCUT2D eigenvalue weighted by Gasteiger charge is -2.28. The molecule has 2 N–H and O–H groups in total. The van der Waals surface area contributed by atoms with E-state index in [2.05, 4.69) is 9.97 Å². The van der Waals surface area contributed by atoms with Gasteiger partial charge in [-0.25, -0.2) is 14.8 Å². The van der Waals surface area contributed by atoms with Crippen molar-refractivity contribution < 1.29 is 14.3 Å². The Morgan fingerprint density at radius 3 is 2.90 bits per heavy atom. The van der Waals surface area contributed by atoms with Gasteiger partial charge in [-0.1, -0.05) is 47.7 Å². The average Bonchev–Trinajstić information content (AvgIpc) is 3.16. The number of ether oxygens (including phenoxy) is 2. The Bertz CT molecular complexity index is 1230. The van der Waals surface area contributed by atoms with E-state index in [1.54, 1.807) is 11.1 Å². The monoisotopic (exact) mass is 418 g/mol. The lowest BCUT2D eigenvalue weighted by atomic mass is 10.1. The van der Waals surface area contributed by atoms with Crippen LogP contribution in [0.2, 0.25) is 0 Å². The molecule has 2 aromatic carbocycles. The molecular weight excluding hydrogens is 400 g/mol. The second-order valence-electron chi connectivity index (χ2n) is 6.82. The summed E-state index contributed by atoms with van der Waals surface area (Å²) in [6, 6.07) is 17.4. The number of pyridine rings is 1. The van der Waals surface area contributed by atoms with Gasteiger partial charge >= 0.3 is 6.09 Å². The number of nitrogens with zero attached hydrogens (tertiary/aromatic N) is 3. The van der Waals surface area contributed by atoms with E-state index in [0.29, 0.717) is 29.9 Å². The number of nitrogens with two attached hydrogens (primary N) is 1. The molecule has 1 aliphatic heterocycles. The van der Waals surface area contributed by atoms with Crippen molar-refractivity contribution in [2.24, 2.45) is 0 Å². The van der Waals surface area contributed by atoms with Crippen LogP contribution in [-0.2, 0) is 11.3 Å². The van der Waals surface area contributed by atoms with Gasteiger partial charge in [0.2, 0.25) is 5.88 Å². The summed E-state index contributed by atoms with van der Waals surface area (Å²) in [4.78, 5) is 23.0. The van der Waals surface area contributed by atoms with E-state index in [1.165, 1.54) is 11.3 Å². The molecule has 0 saturated heterocycles. The molecule has 7 nitrogen and oxygen atoms in total. The van der Waals surface area contributed by atoms with Gasteiger partial charge in [0.1, 0.15) is 18.9 Å². The summed E-state index contributed by atoms with van der Waals surface area (Å²) < 4.78 is 12.2. The molecule has 4 aromatic rings. The fourth-order valence-corrected chi connectivity index (χ4v) is 4.14. The molecule has 0 aliphatic carbocycles. The van der Waals surface area contributed by atoms with Crippen LogP contribution in [-0.4, -0.2) is 29.2 Å². The zero-order chi connectivity index (χ0) is 20.5. The number of nitrogen functional groups attached to an aromatic ring is 1. The molecule has 0 atom stereocenters. The molecule has 0 spiro atoms. The molecule has 30 heavy (non-hydrogen) atoms. The van der Waals surface area contributed by atoms with Crippen molar-refractivity contribution >= 4 is 38.5 Å². The van der Waals surface area contributed by atoms with Crippen LogP contribution in [0.5, 0.6) is 5.88 Å². The normalized spacial score (nSPS) is 13.0. The predicted molar refractivity (Wildman–Crippen MR) is 117 cm³/mol. The van der Waals surface area contributed by atoms with Crippen molar-refractivity contribution in [3.8, 4) is 17.0 Å². The highest BCUT2D eigenvalue weighted by Gasteiger charge is 2.26. The van der Waals surface area contributed by atoms with Crippen LogP contribution in [0, 0.1) is 0 Å². The van der Waals surface area contributed by atoms with E-state index in [4.69, 9.17) is 15.2 Å². The van der Waals surface area contributed by atoms with Gasteiger partial charge in [-0.3, -0.25) is 4.90 Å². The Balaban J connectivity index is 1.42. The molecule has 0 unspecified atom stereocenters. The van der Waals surface area contributed by atoms with Crippen molar-refractivity contribution in [3.05, 3.63) is 66.4 Å². The summed E-state index contributed by atoms with van der Waals surface area (Å²) in [5.41, 5.74) is 10.0. The highest BCUT2D eigenvalue weighted by atomic mass is 32.1. The number of carbonyl (C=O) groups is 1. The Morgan fingerprint density at radius 1 is 1.17 bits per heavy atom. The van der Waals surface area contributed by atoms with E-state index in [0.717, 1.165) is 26.9 Å². The third kappa shape index (κ3) is 3.53. The SMILES string of the molecule is Nc1nc2ccc(-c3cnc4c(c3)N(C(=O)OCc3ccccc3)CCO4)cc2s1. The highest BCUT2D eigenvalue weighted by Crippen LogP contribution is 2.35. The number of rotatable bonds is 3. The standard InChI is InChI=1S/C22H18N4O3S/c23-21-25-17-7-6-15(11-19(17)30-21)16-10-18-20(24-12-16)28-9-8-26(18)22(27)29-13-14-4-2-1-3-5-14/h1-7,10-12H,8-9,13H2,(H2,23,25). The average molecular weight is 418 g/mol. The van der Waals surface area contributed by atoms with Crippen molar-refractivity contribution in [2.75, 3.05) is 23.8 Å². The molecule has 3 heterocycles. The molecule has 0 saturated carbocycles. The fraction of sp³-hybridized carbons (Fsp3) is 0.136.